The van der Waals surface area contributed by atoms with Crippen LogP contribution in [0.3, 0.4) is 0 Å². The van der Waals surface area contributed by atoms with E-state index in [9.17, 15) is 9.59 Å². The van der Waals surface area contributed by atoms with Gasteiger partial charge < -0.3 is 15.2 Å². The van der Waals surface area contributed by atoms with Crippen LogP contribution in [-0.4, -0.2) is 38.8 Å². The summed E-state index contributed by atoms with van der Waals surface area (Å²) < 4.78 is 6.92. The molecule has 2 N–H and O–H groups in total. The van der Waals surface area contributed by atoms with Crippen molar-refractivity contribution in [2.75, 3.05) is 6.61 Å². The average Bonchev–Trinajstić information content (AvgIpc) is 3.27. The summed E-state index contributed by atoms with van der Waals surface area (Å²) in [6.07, 6.45) is 0.447. The number of hydrogen-bond donors (Lipinski definition) is 2. The van der Waals surface area contributed by atoms with E-state index in [0.29, 0.717) is 5.69 Å². The van der Waals surface area contributed by atoms with Gasteiger partial charge in [-0.15, -0.1) is 5.10 Å². The number of carbonyl (C=O) groups excluding carboxylic acids is 1. The van der Waals surface area contributed by atoms with E-state index in [2.05, 4.69) is 27.8 Å². The summed E-state index contributed by atoms with van der Waals surface area (Å²) >= 11 is 0. The Kier molecular flexibility index (Phi) is 4.99. The Morgan fingerprint density at radius 3 is 2.31 bits per heavy atom. The summed E-state index contributed by atoms with van der Waals surface area (Å²) in [7, 11) is 1.64. The van der Waals surface area contributed by atoms with E-state index < -0.39 is 18.1 Å². The maximum Gasteiger partial charge on any atom is 0.407 e. The van der Waals surface area contributed by atoms with E-state index in [1.54, 1.807) is 7.05 Å². The molecule has 148 valence electrons. The number of benzene rings is 2. The highest BCUT2D eigenvalue weighted by molar-refractivity contribution is 5.79. The Labute approximate surface area is 167 Å². The lowest BCUT2D eigenvalue weighted by Gasteiger charge is -2.18. The minimum absolute atomic E-state index is 0.0653. The molecule has 1 aromatic heterocycles. The number of nitrogens with zero attached hydrogens (tertiary/aromatic N) is 3. The predicted molar refractivity (Wildman–Crippen MR) is 104 cm³/mol. The molecule has 8 heteroatoms. The normalized spacial score (nSPS) is 13.4. The molecule has 3 aromatic rings. The van der Waals surface area contributed by atoms with Gasteiger partial charge in [-0.25, -0.2) is 4.79 Å². The zero-order chi connectivity index (χ0) is 20.4. The molecule has 0 radical (unpaired) electrons. The van der Waals surface area contributed by atoms with E-state index in [0.717, 1.165) is 22.3 Å². The van der Waals surface area contributed by atoms with Crippen LogP contribution in [0.25, 0.3) is 11.1 Å². The van der Waals surface area contributed by atoms with Crippen molar-refractivity contribution in [2.24, 2.45) is 7.05 Å². The van der Waals surface area contributed by atoms with Gasteiger partial charge in [-0.3, -0.25) is 9.48 Å². The first-order valence-corrected chi connectivity index (χ1v) is 9.22. The number of rotatable bonds is 6. The van der Waals surface area contributed by atoms with E-state index in [-0.39, 0.29) is 18.9 Å². The minimum atomic E-state index is -1.05. The third kappa shape index (κ3) is 3.69. The number of nitrogens with one attached hydrogen (secondary N) is 1. The SMILES string of the molecule is Cn1nncc1[C@@H](CC(=O)O)NC(=O)OCC1c2ccccc2-c2ccccc21. The molecule has 0 aliphatic heterocycles. The van der Waals surface area contributed by atoms with Crippen molar-refractivity contribution in [2.45, 2.75) is 18.4 Å². The number of carboxylic acid groups (broad SMARTS) is 1. The van der Waals surface area contributed by atoms with Gasteiger partial charge in [0, 0.05) is 13.0 Å². The van der Waals surface area contributed by atoms with Gasteiger partial charge >= 0.3 is 12.1 Å². The van der Waals surface area contributed by atoms with Crippen LogP contribution in [0.4, 0.5) is 4.79 Å². The highest BCUT2D eigenvalue weighted by Crippen LogP contribution is 2.44. The number of amides is 1. The standard InChI is InChI=1S/C21H20N4O4/c1-25-19(11-22-24-25)18(10-20(26)27)23-21(28)29-12-17-15-8-4-2-6-13(15)14-7-3-5-9-16(14)17/h2-9,11,17-18H,10,12H2,1H3,(H,23,28)(H,26,27)/t18-/m1/s1. The average molecular weight is 392 g/mol. The van der Waals surface area contributed by atoms with Gasteiger partial charge in [0.1, 0.15) is 6.61 Å². The largest absolute Gasteiger partial charge is 0.481 e. The zero-order valence-corrected chi connectivity index (χ0v) is 15.8. The minimum Gasteiger partial charge on any atom is -0.481 e. The highest BCUT2D eigenvalue weighted by atomic mass is 16.5. The van der Waals surface area contributed by atoms with Gasteiger partial charge in [0.15, 0.2) is 0 Å². The molecular formula is C21H20N4O4. The maximum absolute atomic E-state index is 12.4. The second-order valence-electron chi connectivity index (χ2n) is 6.90. The lowest BCUT2D eigenvalue weighted by molar-refractivity contribution is -0.137. The van der Waals surface area contributed by atoms with E-state index >= 15 is 0 Å². The van der Waals surface area contributed by atoms with Gasteiger partial charge in [0.25, 0.3) is 0 Å². The van der Waals surface area contributed by atoms with Crippen molar-refractivity contribution < 1.29 is 19.4 Å². The van der Waals surface area contributed by atoms with Crippen molar-refractivity contribution in [3.05, 3.63) is 71.5 Å². The Balaban J connectivity index is 1.48. The van der Waals surface area contributed by atoms with Gasteiger partial charge in [0.2, 0.25) is 0 Å². The van der Waals surface area contributed by atoms with Crippen LogP contribution >= 0.6 is 0 Å². The van der Waals surface area contributed by atoms with Crippen molar-refractivity contribution >= 4 is 12.1 Å². The number of carboxylic acids is 1. The Hall–Kier alpha value is -3.68. The Morgan fingerprint density at radius 1 is 1.14 bits per heavy atom. The highest BCUT2D eigenvalue weighted by Gasteiger charge is 2.29. The fourth-order valence-electron chi connectivity index (χ4n) is 3.80. The number of alkyl carbamates (subject to hydrolysis) is 1. The molecule has 0 spiro atoms. The van der Waals surface area contributed by atoms with Crippen molar-refractivity contribution in [1.29, 1.82) is 0 Å². The fraction of sp³-hybridized carbons (Fsp3) is 0.238. The lowest BCUT2D eigenvalue weighted by Crippen LogP contribution is -2.32. The number of aliphatic carboxylic acids is 1. The number of ether oxygens (including phenoxy) is 1. The summed E-state index contributed by atoms with van der Waals surface area (Å²) in [5.74, 6) is -1.11. The molecule has 0 unspecified atom stereocenters. The molecular weight excluding hydrogens is 372 g/mol. The predicted octanol–water partition coefficient (Wildman–Crippen LogP) is 2.87. The van der Waals surface area contributed by atoms with Gasteiger partial charge in [-0.2, -0.15) is 0 Å². The van der Waals surface area contributed by atoms with Gasteiger partial charge in [-0.1, -0.05) is 53.7 Å². The topological polar surface area (TPSA) is 106 Å². The van der Waals surface area contributed by atoms with Crippen LogP contribution < -0.4 is 5.32 Å². The first-order valence-electron chi connectivity index (χ1n) is 9.22. The van der Waals surface area contributed by atoms with Crippen molar-refractivity contribution in [1.82, 2.24) is 20.3 Å². The van der Waals surface area contributed by atoms with Crippen molar-refractivity contribution in [3.8, 4) is 11.1 Å². The second-order valence-corrected chi connectivity index (χ2v) is 6.90. The smallest absolute Gasteiger partial charge is 0.407 e. The van der Waals surface area contributed by atoms with Crippen molar-refractivity contribution in [3.63, 3.8) is 0 Å². The molecule has 0 saturated heterocycles. The summed E-state index contributed by atoms with van der Waals surface area (Å²) in [4.78, 5) is 23.6. The summed E-state index contributed by atoms with van der Waals surface area (Å²) in [5, 5.41) is 19.3. The molecule has 0 fully saturated rings. The molecule has 29 heavy (non-hydrogen) atoms. The molecule has 1 atom stereocenters. The first kappa shape index (κ1) is 18.7. The summed E-state index contributed by atoms with van der Waals surface area (Å²) in [6, 6.07) is 15.3. The zero-order valence-electron chi connectivity index (χ0n) is 15.8. The molecule has 4 rings (SSSR count). The van der Waals surface area contributed by atoms with Gasteiger partial charge in [0.05, 0.1) is 24.4 Å². The number of hydrogen-bond acceptors (Lipinski definition) is 5. The third-order valence-electron chi connectivity index (χ3n) is 5.12. The second kappa shape index (κ2) is 7.75. The molecule has 8 nitrogen and oxygen atoms in total. The van der Waals surface area contributed by atoms with Crippen LogP contribution in [-0.2, 0) is 16.6 Å². The number of fused-ring (bicyclic) bond motifs is 3. The molecule has 2 aromatic carbocycles. The quantitative estimate of drug-likeness (QED) is 0.668. The Bertz CT molecular complexity index is 1020. The third-order valence-corrected chi connectivity index (χ3v) is 5.12. The lowest BCUT2D eigenvalue weighted by atomic mass is 9.98. The van der Waals surface area contributed by atoms with Crippen LogP contribution in [0.2, 0.25) is 0 Å². The Morgan fingerprint density at radius 2 is 1.76 bits per heavy atom. The van der Waals surface area contributed by atoms with E-state index in [4.69, 9.17) is 9.84 Å². The molecule has 0 bridgehead atoms. The summed E-state index contributed by atoms with van der Waals surface area (Å²) in [5.41, 5.74) is 4.99. The maximum atomic E-state index is 12.4. The molecule has 1 amide bonds. The molecule has 1 aliphatic carbocycles. The van der Waals surface area contributed by atoms with E-state index in [1.165, 1.54) is 10.9 Å². The van der Waals surface area contributed by atoms with E-state index in [1.807, 2.05) is 36.4 Å². The van der Waals surface area contributed by atoms with Crippen LogP contribution in [0.1, 0.15) is 35.2 Å². The monoisotopic (exact) mass is 392 g/mol. The number of aryl methyl sites for hydroxylation is 1. The summed E-state index contributed by atoms with van der Waals surface area (Å²) in [6.45, 7) is 0.156. The fourth-order valence-corrected chi connectivity index (χ4v) is 3.80. The van der Waals surface area contributed by atoms with Crippen LogP contribution in [0.5, 0.6) is 0 Å². The molecule has 0 saturated carbocycles. The first-order chi connectivity index (χ1) is 14.0. The molecule has 1 aliphatic rings. The molecule has 1 heterocycles. The number of aromatic nitrogens is 3. The van der Waals surface area contributed by atoms with Crippen LogP contribution in [0.15, 0.2) is 54.7 Å². The van der Waals surface area contributed by atoms with Gasteiger partial charge in [-0.05, 0) is 22.3 Å². The van der Waals surface area contributed by atoms with Crippen LogP contribution in [0, 0.1) is 0 Å². The number of carbonyl (C=O) groups is 2.